The van der Waals surface area contributed by atoms with Gasteiger partial charge in [0.2, 0.25) is 0 Å². The molecule has 0 aliphatic heterocycles. The van der Waals surface area contributed by atoms with Crippen LogP contribution >= 0.6 is 0 Å². The number of hydrogen-bond acceptors (Lipinski definition) is 5. The third-order valence-corrected chi connectivity index (χ3v) is 3.32. The molecule has 24 heavy (non-hydrogen) atoms. The van der Waals surface area contributed by atoms with Crippen molar-refractivity contribution in [3.05, 3.63) is 59.2 Å². The minimum Gasteiger partial charge on any atom is -0.508 e. The van der Waals surface area contributed by atoms with Crippen LogP contribution < -0.4 is 10.2 Å². The van der Waals surface area contributed by atoms with E-state index >= 15 is 0 Å². The highest BCUT2D eigenvalue weighted by Crippen LogP contribution is 2.19. The van der Waals surface area contributed by atoms with Gasteiger partial charge in [0.25, 0.3) is 5.91 Å². The molecule has 1 amide bonds. The predicted molar refractivity (Wildman–Crippen MR) is 93.6 cm³/mol. The molecule has 0 bridgehead atoms. The van der Waals surface area contributed by atoms with E-state index in [4.69, 9.17) is 4.74 Å². The lowest BCUT2D eigenvalue weighted by atomic mass is 10.1. The smallest absolute Gasteiger partial charge is 0.271 e. The summed E-state index contributed by atoms with van der Waals surface area (Å²) in [6.45, 7) is 0.544. The fourth-order valence-corrected chi connectivity index (χ4v) is 2.11. The van der Waals surface area contributed by atoms with Crippen LogP contribution in [-0.2, 0) is 6.54 Å². The maximum absolute atomic E-state index is 12.1. The van der Waals surface area contributed by atoms with Gasteiger partial charge in [0, 0.05) is 17.7 Å². The zero-order chi connectivity index (χ0) is 17.5. The highest BCUT2D eigenvalue weighted by Gasteiger charge is 2.09. The molecule has 2 N–H and O–H groups in total. The number of hydrazone groups is 1. The van der Waals surface area contributed by atoms with Crippen molar-refractivity contribution in [2.75, 3.05) is 21.2 Å². The molecule has 0 aliphatic rings. The monoisotopic (exact) mass is 327 g/mol. The molecule has 126 valence electrons. The second-order valence-electron chi connectivity index (χ2n) is 5.55. The van der Waals surface area contributed by atoms with E-state index in [2.05, 4.69) is 10.5 Å². The Balaban J connectivity index is 2.02. The van der Waals surface area contributed by atoms with Crippen molar-refractivity contribution in [2.24, 2.45) is 5.10 Å². The number of hydrogen-bond donors (Lipinski definition) is 2. The molecule has 0 fully saturated rings. The number of amides is 1. The molecule has 0 saturated carbocycles. The molecule has 0 radical (unpaired) electrons. The first kappa shape index (κ1) is 17.5. The summed E-state index contributed by atoms with van der Waals surface area (Å²) < 4.78 is 5.08. The molecule has 0 aliphatic carbocycles. The van der Waals surface area contributed by atoms with Gasteiger partial charge in [-0.25, -0.2) is 5.43 Å². The van der Waals surface area contributed by atoms with Crippen LogP contribution in [0.15, 0.2) is 47.6 Å². The van der Waals surface area contributed by atoms with E-state index in [-0.39, 0.29) is 11.7 Å². The van der Waals surface area contributed by atoms with E-state index in [1.165, 1.54) is 6.07 Å². The van der Waals surface area contributed by atoms with Crippen LogP contribution in [0.2, 0.25) is 0 Å². The third kappa shape index (κ3) is 4.82. The van der Waals surface area contributed by atoms with Gasteiger partial charge in [-0.2, -0.15) is 5.10 Å². The third-order valence-electron chi connectivity index (χ3n) is 3.32. The van der Waals surface area contributed by atoms with Crippen molar-refractivity contribution < 1.29 is 14.6 Å². The minimum absolute atomic E-state index is 0.169. The van der Waals surface area contributed by atoms with E-state index in [0.717, 1.165) is 11.3 Å². The summed E-state index contributed by atoms with van der Waals surface area (Å²) in [5, 5.41) is 13.8. The molecule has 0 heterocycles. The van der Waals surface area contributed by atoms with E-state index in [9.17, 15) is 9.90 Å². The standard InChI is InChI=1S/C18H21N3O3/c1-21(2)12-15-10-14(6-9-17(15)22)18(23)20-19-11-13-4-7-16(24-3)8-5-13/h4-11,22H,12H2,1-3H3,(H,20,23)/b19-11-. The Bertz CT molecular complexity index is 725. The van der Waals surface area contributed by atoms with Gasteiger partial charge in [-0.3, -0.25) is 4.79 Å². The molecular formula is C18H21N3O3. The van der Waals surface area contributed by atoms with Gasteiger partial charge >= 0.3 is 0 Å². The number of aromatic hydroxyl groups is 1. The number of phenols is 1. The highest BCUT2D eigenvalue weighted by atomic mass is 16.5. The Kier molecular flexibility index (Phi) is 5.92. The van der Waals surface area contributed by atoms with E-state index in [1.807, 2.05) is 43.3 Å². The van der Waals surface area contributed by atoms with Crippen LogP contribution in [0, 0.1) is 0 Å². The van der Waals surface area contributed by atoms with Crippen LogP contribution in [0.3, 0.4) is 0 Å². The fourth-order valence-electron chi connectivity index (χ4n) is 2.11. The summed E-state index contributed by atoms with van der Waals surface area (Å²) in [7, 11) is 5.39. The van der Waals surface area contributed by atoms with E-state index in [1.54, 1.807) is 25.5 Å². The second kappa shape index (κ2) is 8.12. The summed E-state index contributed by atoms with van der Waals surface area (Å²) in [4.78, 5) is 14.1. The number of carbonyl (C=O) groups excluding carboxylic acids is 1. The number of carbonyl (C=O) groups is 1. The Morgan fingerprint density at radius 3 is 2.58 bits per heavy atom. The summed E-state index contributed by atoms with van der Waals surface area (Å²) in [5.41, 5.74) is 4.45. The van der Waals surface area contributed by atoms with Crippen LogP contribution in [0.25, 0.3) is 0 Å². The number of rotatable bonds is 6. The quantitative estimate of drug-likeness (QED) is 0.630. The normalized spacial score (nSPS) is 11.0. The number of methoxy groups -OCH3 is 1. The van der Waals surface area contributed by atoms with Gasteiger partial charge in [0.1, 0.15) is 11.5 Å². The SMILES string of the molecule is COc1ccc(/C=N\NC(=O)c2ccc(O)c(CN(C)C)c2)cc1. The number of nitrogens with zero attached hydrogens (tertiary/aromatic N) is 2. The molecule has 0 saturated heterocycles. The lowest BCUT2D eigenvalue weighted by Crippen LogP contribution is -2.18. The van der Waals surface area contributed by atoms with Crippen molar-refractivity contribution in [1.82, 2.24) is 10.3 Å². The Labute approximate surface area is 141 Å². The van der Waals surface area contributed by atoms with Crippen molar-refractivity contribution in [2.45, 2.75) is 6.54 Å². The van der Waals surface area contributed by atoms with E-state index in [0.29, 0.717) is 17.7 Å². The summed E-state index contributed by atoms with van der Waals surface area (Å²) in [6.07, 6.45) is 1.55. The summed E-state index contributed by atoms with van der Waals surface area (Å²) >= 11 is 0. The fraction of sp³-hybridized carbons (Fsp3) is 0.222. The van der Waals surface area contributed by atoms with Gasteiger partial charge < -0.3 is 14.7 Å². The zero-order valence-electron chi connectivity index (χ0n) is 14.0. The van der Waals surface area contributed by atoms with Crippen molar-refractivity contribution in [3.8, 4) is 11.5 Å². The molecule has 6 heteroatoms. The average molecular weight is 327 g/mol. The molecule has 2 aromatic rings. The van der Waals surface area contributed by atoms with Crippen LogP contribution in [0.4, 0.5) is 0 Å². The maximum atomic E-state index is 12.1. The van der Waals surface area contributed by atoms with Gasteiger partial charge in [-0.15, -0.1) is 0 Å². The number of benzene rings is 2. The predicted octanol–water partition coefficient (Wildman–Crippen LogP) is 2.23. The molecule has 0 atom stereocenters. The zero-order valence-corrected chi connectivity index (χ0v) is 14.0. The van der Waals surface area contributed by atoms with Crippen LogP contribution in [0.1, 0.15) is 21.5 Å². The molecule has 2 aromatic carbocycles. The van der Waals surface area contributed by atoms with Crippen LogP contribution in [-0.4, -0.2) is 43.3 Å². The van der Waals surface area contributed by atoms with Gasteiger partial charge in [0.15, 0.2) is 0 Å². The lowest BCUT2D eigenvalue weighted by molar-refractivity contribution is 0.0955. The first-order valence-electron chi connectivity index (χ1n) is 7.43. The van der Waals surface area contributed by atoms with Gasteiger partial charge in [-0.1, -0.05) is 0 Å². The number of nitrogens with one attached hydrogen (secondary N) is 1. The molecule has 0 spiro atoms. The second-order valence-corrected chi connectivity index (χ2v) is 5.55. The topological polar surface area (TPSA) is 74.2 Å². The van der Waals surface area contributed by atoms with E-state index < -0.39 is 0 Å². The first-order chi connectivity index (χ1) is 11.5. The average Bonchev–Trinajstić information content (AvgIpc) is 2.57. The summed E-state index contributed by atoms with van der Waals surface area (Å²) in [6, 6.07) is 12.0. The van der Waals surface area contributed by atoms with Crippen molar-refractivity contribution in [1.29, 1.82) is 0 Å². The number of ether oxygens (including phenoxy) is 1. The molecule has 0 unspecified atom stereocenters. The number of phenolic OH excluding ortho intramolecular Hbond substituents is 1. The summed E-state index contributed by atoms with van der Waals surface area (Å²) in [5.74, 6) is 0.593. The molecular weight excluding hydrogens is 306 g/mol. The first-order valence-corrected chi connectivity index (χ1v) is 7.43. The largest absolute Gasteiger partial charge is 0.508 e. The van der Waals surface area contributed by atoms with Crippen molar-refractivity contribution >= 4 is 12.1 Å². The van der Waals surface area contributed by atoms with Crippen LogP contribution in [0.5, 0.6) is 11.5 Å². The highest BCUT2D eigenvalue weighted by molar-refractivity contribution is 5.95. The molecule has 2 rings (SSSR count). The maximum Gasteiger partial charge on any atom is 0.271 e. The van der Waals surface area contributed by atoms with Gasteiger partial charge in [0.05, 0.1) is 13.3 Å². The Morgan fingerprint density at radius 1 is 1.25 bits per heavy atom. The molecule has 6 nitrogen and oxygen atoms in total. The minimum atomic E-state index is -0.334. The van der Waals surface area contributed by atoms with Gasteiger partial charge in [-0.05, 0) is 62.1 Å². The molecule has 0 aromatic heterocycles. The Morgan fingerprint density at radius 2 is 1.96 bits per heavy atom. The lowest BCUT2D eigenvalue weighted by Gasteiger charge is -2.12. The van der Waals surface area contributed by atoms with Crippen molar-refractivity contribution in [3.63, 3.8) is 0 Å². The Hall–Kier alpha value is -2.86.